The van der Waals surface area contributed by atoms with Gasteiger partial charge in [-0.05, 0) is 24.1 Å². The number of aryl methyl sites for hydroxylation is 1. The van der Waals surface area contributed by atoms with Gasteiger partial charge in [-0.2, -0.15) is 0 Å². The van der Waals surface area contributed by atoms with Crippen molar-refractivity contribution in [2.24, 2.45) is 0 Å². The predicted molar refractivity (Wildman–Crippen MR) is 83.9 cm³/mol. The van der Waals surface area contributed by atoms with E-state index in [4.69, 9.17) is 11.6 Å². The normalized spacial score (nSPS) is 13.3. The maximum absolute atomic E-state index is 12.1. The van der Waals surface area contributed by atoms with E-state index in [1.807, 2.05) is 43.3 Å². The molecular weight excluding hydrogens is 314 g/mol. The number of benzene rings is 1. The lowest BCUT2D eigenvalue weighted by atomic mass is 10.1. The molecule has 1 atom stereocenters. The minimum absolute atomic E-state index is 0.174. The molecule has 2 rings (SSSR count). The van der Waals surface area contributed by atoms with Crippen LogP contribution < -0.4 is 4.72 Å². The Balaban J connectivity index is 2.02. The summed E-state index contributed by atoms with van der Waals surface area (Å²) in [5.41, 5.74) is 0.900. The van der Waals surface area contributed by atoms with E-state index < -0.39 is 10.0 Å². The number of halogens is 1. The van der Waals surface area contributed by atoms with Crippen LogP contribution in [-0.4, -0.2) is 15.0 Å². The number of rotatable bonds is 6. The van der Waals surface area contributed by atoms with Crippen molar-refractivity contribution in [2.75, 3.05) is 6.54 Å². The summed E-state index contributed by atoms with van der Waals surface area (Å²) in [6, 6.07) is 12.9. The molecule has 0 radical (unpaired) electrons. The standard InChI is InChI=1S/C14H16ClNO2S2/c1-2-12-8-9-14(19-12)20(17,18)16-10-13(15)11-6-4-3-5-7-11/h3-9,13,16H,2,10H2,1H3. The Morgan fingerprint density at radius 1 is 1.20 bits per heavy atom. The summed E-state index contributed by atoms with van der Waals surface area (Å²) in [7, 11) is -3.47. The van der Waals surface area contributed by atoms with Gasteiger partial charge in [0.1, 0.15) is 4.21 Å². The molecule has 1 heterocycles. The van der Waals surface area contributed by atoms with Gasteiger partial charge in [-0.3, -0.25) is 0 Å². The molecule has 1 aromatic heterocycles. The fraction of sp³-hybridized carbons (Fsp3) is 0.286. The van der Waals surface area contributed by atoms with Crippen LogP contribution in [0.15, 0.2) is 46.7 Å². The number of alkyl halides is 1. The first kappa shape index (κ1) is 15.5. The molecule has 6 heteroatoms. The summed E-state index contributed by atoms with van der Waals surface area (Å²) < 4.78 is 27.2. The lowest BCUT2D eigenvalue weighted by molar-refractivity contribution is 0.583. The van der Waals surface area contributed by atoms with Gasteiger partial charge in [0.05, 0.1) is 5.38 Å². The van der Waals surface area contributed by atoms with Crippen molar-refractivity contribution in [3.05, 3.63) is 52.9 Å². The van der Waals surface area contributed by atoms with Crippen LogP contribution in [-0.2, 0) is 16.4 Å². The average molecular weight is 330 g/mol. The number of sulfonamides is 1. The average Bonchev–Trinajstić information content (AvgIpc) is 2.95. The highest BCUT2D eigenvalue weighted by atomic mass is 35.5. The van der Waals surface area contributed by atoms with Crippen LogP contribution in [0.3, 0.4) is 0 Å². The van der Waals surface area contributed by atoms with E-state index in [1.54, 1.807) is 6.07 Å². The van der Waals surface area contributed by atoms with Gasteiger partial charge in [-0.1, -0.05) is 37.3 Å². The van der Waals surface area contributed by atoms with Crippen LogP contribution in [0.5, 0.6) is 0 Å². The van der Waals surface area contributed by atoms with Crippen molar-refractivity contribution >= 4 is 33.0 Å². The van der Waals surface area contributed by atoms with Crippen molar-refractivity contribution in [1.82, 2.24) is 4.72 Å². The monoisotopic (exact) mass is 329 g/mol. The van der Waals surface area contributed by atoms with E-state index in [9.17, 15) is 8.42 Å². The zero-order valence-electron chi connectivity index (χ0n) is 11.0. The Labute approximate surface area is 128 Å². The SMILES string of the molecule is CCc1ccc(S(=O)(=O)NCC(Cl)c2ccccc2)s1. The van der Waals surface area contributed by atoms with E-state index in [0.717, 1.165) is 16.9 Å². The first-order valence-corrected chi connectivity index (χ1v) is 9.04. The number of nitrogens with one attached hydrogen (secondary N) is 1. The van der Waals surface area contributed by atoms with E-state index in [0.29, 0.717) is 4.21 Å². The van der Waals surface area contributed by atoms with Crippen LogP contribution in [0.4, 0.5) is 0 Å². The number of hydrogen-bond donors (Lipinski definition) is 1. The van der Waals surface area contributed by atoms with Crippen LogP contribution in [0.2, 0.25) is 0 Å². The van der Waals surface area contributed by atoms with Crippen molar-refractivity contribution in [3.8, 4) is 0 Å². The topological polar surface area (TPSA) is 46.2 Å². The van der Waals surface area contributed by atoms with Crippen LogP contribution in [0, 0.1) is 0 Å². The lowest BCUT2D eigenvalue weighted by Crippen LogP contribution is -2.26. The largest absolute Gasteiger partial charge is 0.250 e. The van der Waals surface area contributed by atoms with Crippen molar-refractivity contribution in [1.29, 1.82) is 0 Å². The maximum atomic E-state index is 12.1. The summed E-state index contributed by atoms with van der Waals surface area (Å²) >= 11 is 7.50. The summed E-state index contributed by atoms with van der Waals surface area (Å²) in [5, 5.41) is -0.378. The first-order valence-electron chi connectivity index (χ1n) is 6.30. The third-order valence-corrected chi connectivity index (χ3v) is 6.42. The molecule has 0 amide bonds. The zero-order valence-corrected chi connectivity index (χ0v) is 13.4. The summed E-state index contributed by atoms with van der Waals surface area (Å²) in [4.78, 5) is 1.05. The van der Waals surface area contributed by atoms with Gasteiger partial charge in [0.15, 0.2) is 0 Å². The van der Waals surface area contributed by atoms with Crippen molar-refractivity contribution in [3.63, 3.8) is 0 Å². The summed E-state index contributed by atoms with van der Waals surface area (Å²) in [6.07, 6.45) is 0.836. The minimum Gasteiger partial charge on any atom is -0.209 e. The molecule has 1 aromatic carbocycles. The predicted octanol–water partition coefficient (Wildman–Crippen LogP) is 3.57. The second-order valence-electron chi connectivity index (χ2n) is 4.30. The van der Waals surface area contributed by atoms with Gasteiger partial charge in [-0.15, -0.1) is 22.9 Å². The second-order valence-corrected chi connectivity index (χ2v) is 7.99. The highest BCUT2D eigenvalue weighted by Gasteiger charge is 2.18. The lowest BCUT2D eigenvalue weighted by Gasteiger charge is -2.10. The van der Waals surface area contributed by atoms with Gasteiger partial charge >= 0.3 is 0 Å². The maximum Gasteiger partial charge on any atom is 0.250 e. The molecule has 0 bridgehead atoms. The fourth-order valence-corrected chi connectivity index (χ4v) is 4.43. The smallest absolute Gasteiger partial charge is 0.209 e. The highest BCUT2D eigenvalue weighted by molar-refractivity contribution is 7.91. The zero-order chi connectivity index (χ0) is 14.6. The number of hydrogen-bond acceptors (Lipinski definition) is 3. The van der Waals surface area contributed by atoms with E-state index in [2.05, 4.69) is 4.72 Å². The molecule has 0 aliphatic rings. The molecular formula is C14H16ClNO2S2. The Morgan fingerprint density at radius 3 is 2.50 bits per heavy atom. The van der Waals surface area contributed by atoms with Gasteiger partial charge in [0, 0.05) is 11.4 Å². The third-order valence-electron chi connectivity index (χ3n) is 2.86. The molecule has 2 aromatic rings. The highest BCUT2D eigenvalue weighted by Crippen LogP contribution is 2.23. The molecule has 0 aliphatic heterocycles. The van der Waals surface area contributed by atoms with Crippen LogP contribution >= 0.6 is 22.9 Å². The summed E-state index contributed by atoms with van der Waals surface area (Å²) in [5.74, 6) is 0. The van der Waals surface area contributed by atoms with E-state index in [1.165, 1.54) is 11.3 Å². The molecule has 0 fully saturated rings. The molecule has 0 saturated heterocycles. The minimum atomic E-state index is -3.47. The summed E-state index contributed by atoms with van der Waals surface area (Å²) in [6.45, 7) is 2.17. The molecule has 108 valence electrons. The fourth-order valence-electron chi connectivity index (χ4n) is 1.73. The van der Waals surface area contributed by atoms with Crippen LogP contribution in [0.25, 0.3) is 0 Å². The van der Waals surface area contributed by atoms with Gasteiger partial charge in [0.25, 0.3) is 0 Å². The Kier molecular flexibility index (Phi) is 5.21. The van der Waals surface area contributed by atoms with Crippen LogP contribution in [0.1, 0.15) is 22.7 Å². The molecule has 0 aliphatic carbocycles. The molecule has 0 spiro atoms. The molecule has 0 saturated carbocycles. The Morgan fingerprint density at radius 2 is 1.90 bits per heavy atom. The molecule has 20 heavy (non-hydrogen) atoms. The van der Waals surface area contributed by atoms with Crippen molar-refractivity contribution in [2.45, 2.75) is 22.9 Å². The Hall–Kier alpha value is -0.880. The second kappa shape index (κ2) is 6.72. The van der Waals surface area contributed by atoms with E-state index >= 15 is 0 Å². The quantitative estimate of drug-likeness (QED) is 0.823. The van der Waals surface area contributed by atoms with Gasteiger partial charge in [-0.25, -0.2) is 13.1 Å². The third kappa shape index (κ3) is 3.82. The van der Waals surface area contributed by atoms with Gasteiger partial charge < -0.3 is 0 Å². The molecule has 3 nitrogen and oxygen atoms in total. The Bertz CT molecular complexity index is 653. The molecule has 1 unspecified atom stereocenters. The van der Waals surface area contributed by atoms with E-state index in [-0.39, 0.29) is 11.9 Å². The first-order chi connectivity index (χ1) is 9.53. The van der Waals surface area contributed by atoms with Gasteiger partial charge in [0.2, 0.25) is 10.0 Å². The van der Waals surface area contributed by atoms with Crippen molar-refractivity contribution < 1.29 is 8.42 Å². The molecule has 1 N–H and O–H groups in total. The number of thiophene rings is 1.